The number of esters is 2. The summed E-state index contributed by atoms with van der Waals surface area (Å²) < 4.78 is 10.5. The van der Waals surface area contributed by atoms with E-state index in [1.807, 2.05) is 12.1 Å². The minimum atomic E-state index is -0.366. The van der Waals surface area contributed by atoms with Gasteiger partial charge in [-0.25, -0.2) is 4.79 Å². The average Bonchev–Trinajstić information content (AvgIpc) is 2.66. The molecule has 5 nitrogen and oxygen atoms in total. The summed E-state index contributed by atoms with van der Waals surface area (Å²) in [6.45, 7) is 5.51. The van der Waals surface area contributed by atoms with Gasteiger partial charge in [0.05, 0.1) is 12.5 Å². The Labute approximate surface area is 154 Å². The van der Waals surface area contributed by atoms with Crippen LogP contribution in [-0.4, -0.2) is 24.8 Å². The smallest absolute Gasteiger partial charge is 0.333 e. The predicted octanol–water partition coefficient (Wildman–Crippen LogP) is 3.65. The third-order valence-corrected chi connectivity index (χ3v) is 4.63. The van der Waals surface area contributed by atoms with E-state index in [1.54, 1.807) is 19.1 Å². The largest absolute Gasteiger partial charge is 0.462 e. The first-order valence-electron chi connectivity index (χ1n) is 9.08. The highest BCUT2D eigenvalue weighted by Gasteiger charge is 2.27. The number of aldehydes is 1. The van der Waals surface area contributed by atoms with E-state index in [4.69, 9.17) is 9.47 Å². The van der Waals surface area contributed by atoms with Crippen molar-refractivity contribution in [2.75, 3.05) is 6.61 Å². The number of rotatable bonds is 8. The van der Waals surface area contributed by atoms with E-state index in [1.165, 1.54) is 0 Å². The SMILES string of the molecule is C=C(C)C(=O)OCCCc1ccc(OC(=O)C2CCC(C=O)CC2)cc1. The van der Waals surface area contributed by atoms with Crippen LogP contribution in [0.5, 0.6) is 5.75 Å². The van der Waals surface area contributed by atoms with Crippen molar-refractivity contribution in [2.24, 2.45) is 11.8 Å². The van der Waals surface area contributed by atoms with Crippen LogP contribution in [0.15, 0.2) is 36.4 Å². The molecule has 0 aliphatic heterocycles. The molecule has 0 N–H and O–H groups in total. The first-order chi connectivity index (χ1) is 12.5. The number of benzene rings is 1. The lowest BCUT2D eigenvalue weighted by Crippen LogP contribution is -2.26. The van der Waals surface area contributed by atoms with Crippen LogP contribution >= 0.6 is 0 Å². The van der Waals surface area contributed by atoms with E-state index in [-0.39, 0.29) is 23.8 Å². The summed E-state index contributed by atoms with van der Waals surface area (Å²) in [4.78, 5) is 34.3. The van der Waals surface area contributed by atoms with Gasteiger partial charge in [0.2, 0.25) is 0 Å². The molecular weight excluding hydrogens is 332 g/mol. The second kappa shape index (κ2) is 9.90. The van der Waals surface area contributed by atoms with E-state index in [9.17, 15) is 14.4 Å². The monoisotopic (exact) mass is 358 g/mol. The topological polar surface area (TPSA) is 69.7 Å². The van der Waals surface area contributed by atoms with Gasteiger partial charge in [0.25, 0.3) is 0 Å². The molecule has 1 saturated carbocycles. The standard InChI is InChI=1S/C21H26O5/c1-15(2)20(23)25-13-3-4-16-7-11-19(12-8-16)26-21(24)18-9-5-17(14-22)6-10-18/h7-8,11-12,14,17-18H,1,3-6,9-10,13H2,2H3. The Hall–Kier alpha value is -2.43. The fourth-order valence-corrected chi connectivity index (χ4v) is 2.98. The van der Waals surface area contributed by atoms with Crippen molar-refractivity contribution in [3.63, 3.8) is 0 Å². The molecular formula is C21H26O5. The first-order valence-corrected chi connectivity index (χ1v) is 9.08. The van der Waals surface area contributed by atoms with Gasteiger partial charge in [-0.2, -0.15) is 0 Å². The van der Waals surface area contributed by atoms with E-state index in [0.29, 0.717) is 30.8 Å². The van der Waals surface area contributed by atoms with E-state index in [0.717, 1.165) is 37.5 Å². The zero-order chi connectivity index (χ0) is 18.9. The van der Waals surface area contributed by atoms with Crippen LogP contribution in [0.25, 0.3) is 0 Å². The fourth-order valence-electron chi connectivity index (χ4n) is 2.98. The molecule has 0 atom stereocenters. The first kappa shape index (κ1) is 19.9. The van der Waals surface area contributed by atoms with Gasteiger partial charge in [-0.15, -0.1) is 0 Å². The van der Waals surface area contributed by atoms with Crippen molar-refractivity contribution in [2.45, 2.75) is 45.4 Å². The molecule has 26 heavy (non-hydrogen) atoms. The number of hydrogen-bond donors (Lipinski definition) is 0. The number of carbonyl (C=O) groups excluding carboxylic acids is 3. The van der Waals surface area contributed by atoms with Gasteiger partial charge < -0.3 is 14.3 Å². The quantitative estimate of drug-likeness (QED) is 0.233. The maximum Gasteiger partial charge on any atom is 0.333 e. The maximum atomic E-state index is 12.2. The van der Waals surface area contributed by atoms with Crippen molar-refractivity contribution in [3.05, 3.63) is 42.0 Å². The van der Waals surface area contributed by atoms with Gasteiger partial charge >= 0.3 is 11.9 Å². The molecule has 0 bridgehead atoms. The Morgan fingerprint density at radius 3 is 2.38 bits per heavy atom. The summed E-state index contributed by atoms with van der Waals surface area (Å²) in [7, 11) is 0. The predicted molar refractivity (Wildman–Crippen MR) is 97.7 cm³/mol. The molecule has 0 spiro atoms. The van der Waals surface area contributed by atoms with Crippen LogP contribution in [0.2, 0.25) is 0 Å². The summed E-state index contributed by atoms with van der Waals surface area (Å²) in [5, 5.41) is 0. The molecule has 1 fully saturated rings. The minimum absolute atomic E-state index is 0.0907. The van der Waals surface area contributed by atoms with E-state index in [2.05, 4.69) is 6.58 Å². The van der Waals surface area contributed by atoms with Crippen molar-refractivity contribution < 1.29 is 23.9 Å². The number of ether oxygens (including phenoxy) is 2. The van der Waals surface area contributed by atoms with Crippen LogP contribution in [0.3, 0.4) is 0 Å². The molecule has 1 aliphatic carbocycles. The molecule has 0 amide bonds. The zero-order valence-corrected chi connectivity index (χ0v) is 15.2. The van der Waals surface area contributed by atoms with E-state index < -0.39 is 0 Å². The van der Waals surface area contributed by atoms with Crippen LogP contribution in [0.1, 0.15) is 44.6 Å². The molecule has 5 heteroatoms. The van der Waals surface area contributed by atoms with Gasteiger partial charge in [0, 0.05) is 11.5 Å². The molecule has 1 aromatic rings. The number of carbonyl (C=O) groups is 3. The molecule has 0 aromatic heterocycles. The van der Waals surface area contributed by atoms with Gasteiger partial charge in [-0.3, -0.25) is 4.79 Å². The molecule has 0 heterocycles. The Morgan fingerprint density at radius 2 is 1.81 bits per heavy atom. The summed E-state index contributed by atoms with van der Waals surface area (Å²) in [5.74, 6) is -0.0740. The van der Waals surface area contributed by atoms with Gasteiger partial charge in [-0.1, -0.05) is 18.7 Å². The maximum absolute atomic E-state index is 12.2. The molecule has 0 radical (unpaired) electrons. The lowest BCUT2D eigenvalue weighted by atomic mass is 9.83. The summed E-state index contributed by atoms with van der Waals surface area (Å²) in [6.07, 6.45) is 5.42. The second-order valence-electron chi connectivity index (χ2n) is 6.83. The minimum Gasteiger partial charge on any atom is -0.462 e. The zero-order valence-electron chi connectivity index (χ0n) is 15.2. The Kier molecular flexibility index (Phi) is 7.57. The van der Waals surface area contributed by atoms with Crippen molar-refractivity contribution in [1.29, 1.82) is 0 Å². The third kappa shape index (κ3) is 6.14. The van der Waals surface area contributed by atoms with Crippen LogP contribution in [0.4, 0.5) is 0 Å². The molecule has 1 aromatic carbocycles. The molecule has 1 aliphatic rings. The highest BCUT2D eigenvalue weighted by molar-refractivity contribution is 5.86. The average molecular weight is 358 g/mol. The second-order valence-corrected chi connectivity index (χ2v) is 6.83. The fraction of sp³-hybridized carbons (Fsp3) is 0.476. The Morgan fingerprint density at radius 1 is 1.15 bits per heavy atom. The Bertz CT molecular complexity index is 639. The Balaban J connectivity index is 1.73. The van der Waals surface area contributed by atoms with Gasteiger partial charge in [0.15, 0.2) is 0 Å². The van der Waals surface area contributed by atoms with Gasteiger partial charge in [0.1, 0.15) is 12.0 Å². The van der Waals surface area contributed by atoms with Crippen LogP contribution in [-0.2, 0) is 25.5 Å². The summed E-state index contributed by atoms with van der Waals surface area (Å²) in [5.41, 5.74) is 1.48. The highest BCUT2D eigenvalue weighted by Crippen LogP contribution is 2.29. The van der Waals surface area contributed by atoms with Gasteiger partial charge in [-0.05, 0) is 63.1 Å². The highest BCUT2D eigenvalue weighted by atomic mass is 16.5. The summed E-state index contributed by atoms with van der Waals surface area (Å²) >= 11 is 0. The van der Waals surface area contributed by atoms with Crippen LogP contribution in [0, 0.1) is 11.8 Å². The van der Waals surface area contributed by atoms with E-state index >= 15 is 0 Å². The lowest BCUT2D eigenvalue weighted by Gasteiger charge is -2.23. The lowest BCUT2D eigenvalue weighted by molar-refractivity contribution is -0.141. The van der Waals surface area contributed by atoms with Crippen molar-refractivity contribution in [1.82, 2.24) is 0 Å². The van der Waals surface area contributed by atoms with Crippen molar-refractivity contribution in [3.8, 4) is 5.75 Å². The molecule has 2 rings (SSSR count). The molecule has 0 unspecified atom stereocenters. The normalized spacial score (nSPS) is 19.4. The molecule has 0 saturated heterocycles. The number of aryl methyl sites for hydroxylation is 1. The molecule has 140 valence electrons. The number of hydrogen-bond acceptors (Lipinski definition) is 5. The summed E-state index contributed by atoms with van der Waals surface area (Å²) in [6, 6.07) is 7.38. The van der Waals surface area contributed by atoms with Crippen molar-refractivity contribution >= 4 is 18.2 Å². The van der Waals surface area contributed by atoms with Crippen LogP contribution < -0.4 is 4.74 Å². The third-order valence-electron chi connectivity index (χ3n) is 4.63.